The largest absolute Gasteiger partial charge is 0.372 e. The van der Waals surface area contributed by atoms with Crippen LogP contribution in [0.5, 0.6) is 0 Å². The number of nitrogens with zero attached hydrogens (tertiary/aromatic N) is 2. The van der Waals surface area contributed by atoms with Crippen LogP contribution in [-0.4, -0.2) is 22.6 Å². The number of hydrogen-bond donors (Lipinski definition) is 2. The minimum atomic E-state index is -1.02. The second-order valence-corrected chi connectivity index (χ2v) is 7.65. The molecule has 2 N–H and O–H groups in total. The molecule has 1 aliphatic rings. The van der Waals surface area contributed by atoms with Crippen LogP contribution in [0, 0.1) is 11.6 Å². The van der Waals surface area contributed by atoms with Gasteiger partial charge in [-0.25, -0.2) is 13.8 Å². The Morgan fingerprint density at radius 2 is 2.04 bits per heavy atom. The number of anilines is 1. The van der Waals surface area contributed by atoms with Crippen molar-refractivity contribution in [3.8, 4) is 0 Å². The normalized spacial score (nSPS) is 19.3. The van der Waals surface area contributed by atoms with Crippen molar-refractivity contribution in [2.45, 2.75) is 12.0 Å². The summed E-state index contributed by atoms with van der Waals surface area (Å²) < 4.78 is 30.8. The van der Waals surface area contributed by atoms with Gasteiger partial charge in [0.05, 0.1) is 38.5 Å². The van der Waals surface area contributed by atoms with Gasteiger partial charge < -0.3 is 15.2 Å². The zero-order chi connectivity index (χ0) is 20.1. The van der Waals surface area contributed by atoms with E-state index in [-0.39, 0.29) is 37.8 Å². The number of nitrogens with one attached hydrogen (secondary N) is 2. The van der Waals surface area contributed by atoms with Crippen LogP contribution in [0.3, 0.4) is 0 Å². The molecule has 0 bridgehead atoms. The van der Waals surface area contributed by atoms with Crippen LogP contribution in [0.15, 0.2) is 35.4 Å². The van der Waals surface area contributed by atoms with Crippen molar-refractivity contribution in [3.05, 3.63) is 68.2 Å². The molecule has 1 aliphatic heterocycles. The summed E-state index contributed by atoms with van der Waals surface area (Å²) in [7, 11) is 1.56. The Kier molecular flexibility index (Phi) is 4.77. The highest BCUT2D eigenvalue weighted by atomic mass is 35.5. The first kappa shape index (κ1) is 19.1. The molecule has 3 aromatic rings. The van der Waals surface area contributed by atoms with Gasteiger partial charge in [-0.15, -0.1) is 0 Å². The van der Waals surface area contributed by atoms with Crippen molar-refractivity contribution in [1.82, 2.24) is 14.9 Å². The molecule has 9 heteroatoms. The smallest absolute Gasteiger partial charge is 0.260 e. The third-order valence-corrected chi connectivity index (χ3v) is 5.86. The molecule has 2 heterocycles. The number of aryl methyl sites for hydroxylation is 1. The molecule has 0 radical (unpaired) electrons. The van der Waals surface area contributed by atoms with Gasteiger partial charge in [0.1, 0.15) is 11.6 Å². The molecule has 0 spiro atoms. The molecular formula is C19H16Cl2F2N4O. The minimum absolute atomic E-state index is 0.0664. The second-order valence-electron chi connectivity index (χ2n) is 6.86. The number of benzene rings is 2. The van der Waals surface area contributed by atoms with E-state index < -0.39 is 17.2 Å². The van der Waals surface area contributed by atoms with Gasteiger partial charge in [0.2, 0.25) is 0 Å². The lowest BCUT2D eigenvalue weighted by Crippen LogP contribution is -2.39. The van der Waals surface area contributed by atoms with Crippen molar-refractivity contribution in [3.63, 3.8) is 0 Å². The average molecular weight is 425 g/mol. The van der Waals surface area contributed by atoms with Gasteiger partial charge in [0.25, 0.3) is 5.56 Å². The summed E-state index contributed by atoms with van der Waals surface area (Å²) in [5.41, 5.74) is -0.842. The summed E-state index contributed by atoms with van der Waals surface area (Å²) in [4.78, 5) is 16.5. The highest BCUT2D eigenvalue weighted by Gasteiger charge is 2.40. The Balaban J connectivity index is 1.88. The minimum Gasteiger partial charge on any atom is -0.372 e. The van der Waals surface area contributed by atoms with E-state index in [1.807, 2.05) is 0 Å². The van der Waals surface area contributed by atoms with Crippen molar-refractivity contribution in [2.24, 2.45) is 7.05 Å². The van der Waals surface area contributed by atoms with Gasteiger partial charge in [0.15, 0.2) is 0 Å². The summed E-state index contributed by atoms with van der Waals surface area (Å²) in [6, 6.07) is 5.20. The Bertz CT molecular complexity index is 1140. The number of fused-ring (bicyclic) bond motifs is 1. The van der Waals surface area contributed by atoms with Gasteiger partial charge in [-0.2, -0.15) is 0 Å². The van der Waals surface area contributed by atoms with Gasteiger partial charge in [-0.1, -0.05) is 23.2 Å². The quantitative estimate of drug-likeness (QED) is 0.627. The van der Waals surface area contributed by atoms with E-state index in [9.17, 15) is 13.6 Å². The van der Waals surface area contributed by atoms with Crippen LogP contribution in [0.25, 0.3) is 10.9 Å². The molecule has 1 fully saturated rings. The predicted molar refractivity (Wildman–Crippen MR) is 106 cm³/mol. The molecule has 1 aromatic heterocycles. The van der Waals surface area contributed by atoms with Crippen LogP contribution in [0.2, 0.25) is 10.0 Å². The standard InChI is InChI=1S/C19H16Cl2F2N4O/c1-27-9-25-14-7-13(23)15(6-10(14)18(27)28)26-19(4-5-24-8-19)16-12(22)3-2-11(20)17(16)21/h2-3,6-7,9,24,26H,4-5,8H2,1H3/t19-/m0/s1. The lowest BCUT2D eigenvalue weighted by molar-refractivity contribution is 0.491. The van der Waals surface area contributed by atoms with E-state index in [0.29, 0.717) is 19.5 Å². The third-order valence-electron chi connectivity index (χ3n) is 5.06. The van der Waals surface area contributed by atoms with Gasteiger partial charge in [-0.05, 0) is 31.2 Å². The van der Waals surface area contributed by atoms with Crippen LogP contribution < -0.4 is 16.2 Å². The lowest BCUT2D eigenvalue weighted by Gasteiger charge is -2.33. The molecule has 4 rings (SSSR count). The first-order chi connectivity index (χ1) is 13.3. The predicted octanol–water partition coefficient (Wildman–Crippen LogP) is 3.82. The van der Waals surface area contributed by atoms with Gasteiger partial charge >= 0.3 is 0 Å². The van der Waals surface area contributed by atoms with E-state index in [1.165, 1.54) is 35.2 Å². The molecule has 0 amide bonds. The zero-order valence-electron chi connectivity index (χ0n) is 14.8. The SMILES string of the molecule is Cn1cnc2cc(F)c(N[C@@]3(c4c(F)ccc(Cl)c4Cl)CCNC3)cc2c1=O. The highest BCUT2D eigenvalue weighted by molar-refractivity contribution is 6.42. The second kappa shape index (κ2) is 6.99. The summed E-state index contributed by atoms with van der Waals surface area (Å²) in [6.45, 7) is 0.889. The van der Waals surface area contributed by atoms with E-state index in [1.54, 1.807) is 7.05 Å². The first-order valence-corrected chi connectivity index (χ1v) is 9.36. The molecule has 0 aliphatic carbocycles. The Labute approximate surface area is 169 Å². The van der Waals surface area contributed by atoms with Crippen molar-refractivity contribution < 1.29 is 8.78 Å². The summed E-state index contributed by atoms with van der Waals surface area (Å²) >= 11 is 12.4. The number of rotatable bonds is 3. The lowest BCUT2D eigenvalue weighted by atomic mass is 9.87. The molecule has 1 atom stereocenters. The molecule has 146 valence electrons. The Morgan fingerprint density at radius 1 is 1.25 bits per heavy atom. The highest BCUT2D eigenvalue weighted by Crippen LogP contribution is 2.41. The maximum atomic E-state index is 14.8. The maximum Gasteiger partial charge on any atom is 0.260 e. The first-order valence-electron chi connectivity index (χ1n) is 8.60. The number of aromatic nitrogens is 2. The maximum absolute atomic E-state index is 14.8. The summed E-state index contributed by atoms with van der Waals surface area (Å²) in [6.07, 6.45) is 1.78. The molecular weight excluding hydrogens is 409 g/mol. The van der Waals surface area contributed by atoms with Crippen molar-refractivity contribution in [2.75, 3.05) is 18.4 Å². The van der Waals surface area contributed by atoms with Crippen LogP contribution in [0.1, 0.15) is 12.0 Å². The van der Waals surface area contributed by atoms with E-state index in [0.717, 1.165) is 0 Å². The fraction of sp³-hybridized carbons (Fsp3) is 0.263. The molecule has 1 saturated heterocycles. The Morgan fingerprint density at radius 3 is 2.75 bits per heavy atom. The van der Waals surface area contributed by atoms with Crippen molar-refractivity contribution >= 4 is 39.8 Å². The average Bonchev–Trinajstić information content (AvgIpc) is 3.12. The van der Waals surface area contributed by atoms with Crippen LogP contribution in [0.4, 0.5) is 14.5 Å². The molecule has 0 unspecified atom stereocenters. The molecule has 0 saturated carbocycles. The fourth-order valence-corrected chi connectivity index (χ4v) is 4.12. The summed E-state index contributed by atoms with van der Waals surface area (Å²) in [5, 5.41) is 6.79. The molecule has 5 nitrogen and oxygen atoms in total. The topological polar surface area (TPSA) is 59.0 Å². The number of hydrogen-bond acceptors (Lipinski definition) is 4. The van der Waals surface area contributed by atoms with Gasteiger partial charge in [0, 0.05) is 25.2 Å². The number of halogens is 4. The monoisotopic (exact) mass is 424 g/mol. The molecule has 28 heavy (non-hydrogen) atoms. The van der Waals surface area contributed by atoms with E-state index >= 15 is 0 Å². The fourth-order valence-electron chi connectivity index (χ4n) is 3.63. The van der Waals surface area contributed by atoms with Gasteiger partial charge in [-0.3, -0.25) is 4.79 Å². The van der Waals surface area contributed by atoms with Crippen molar-refractivity contribution in [1.29, 1.82) is 0 Å². The zero-order valence-corrected chi connectivity index (χ0v) is 16.3. The van der Waals surface area contributed by atoms with Crippen LogP contribution in [-0.2, 0) is 12.6 Å². The van der Waals surface area contributed by atoms with E-state index in [4.69, 9.17) is 23.2 Å². The van der Waals surface area contributed by atoms with Crippen LogP contribution >= 0.6 is 23.2 Å². The third kappa shape index (κ3) is 3.03. The van der Waals surface area contributed by atoms with E-state index in [2.05, 4.69) is 15.6 Å². The summed E-state index contributed by atoms with van der Waals surface area (Å²) in [5.74, 6) is -1.14. The molecule has 2 aromatic carbocycles. The Hall–Kier alpha value is -2.22.